The summed E-state index contributed by atoms with van der Waals surface area (Å²) in [5.74, 6) is -2.36. The van der Waals surface area contributed by atoms with Gasteiger partial charge in [0.1, 0.15) is 11.0 Å². The van der Waals surface area contributed by atoms with Crippen molar-refractivity contribution in [2.24, 2.45) is 0 Å². The maximum absolute atomic E-state index is 12.5. The highest BCUT2D eigenvalue weighted by atomic mass is 32.2. The lowest BCUT2D eigenvalue weighted by Crippen LogP contribution is -2.34. The number of rotatable bonds is 8. The molecular formula is C21H24N2O5S. The Morgan fingerprint density at radius 3 is 1.93 bits per heavy atom. The first kappa shape index (κ1) is 22.3. The molecule has 2 aromatic carbocycles. The molecule has 0 radical (unpaired) electrons. The predicted octanol–water partition coefficient (Wildman–Crippen LogP) is 2.83. The highest BCUT2D eigenvalue weighted by molar-refractivity contribution is 7.93. The van der Waals surface area contributed by atoms with E-state index < -0.39 is 32.5 Å². The van der Waals surface area contributed by atoms with E-state index in [9.17, 15) is 22.8 Å². The predicted molar refractivity (Wildman–Crippen MR) is 113 cm³/mol. The first-order chi connectivity index (χ1) is 13.6. The number of Topliss-reactive ketones (excluding diaryl/α,β-unsaturated/α-hetero) is 1. The summed E-state index contributed by atoms with van der Waals surface area (Å²) in [6.07, 6.45) is 0.855. The quantitative estimate of drug-likeness (QED) is 0.643. The molecule has 0 aliphatic rings. The third-order valence-electron chi connectivity index (χ3n) is 4.38. The smallest absolute Gasteiger partial charge is 0.239 e. The lowest BCUT2D eigenvalue weighted by molar-refractivity contribution is -0.114. The minimum absolute atomic E-state index is 0.186. The molecule has 0 bridgehead atoms. The molecule has 8 heteroatoms. The van der Waals surface area contributed by atoms with Gasteiger partial charge in [-0.05, 0) is 55.3 Å². The third-order valence-corrected chi connectivity index (χ3v) is 6.33. The molecule has 1 unspecified atom stereocenters. The van der Waals surface area contributed by atoms with Crippen molar-refractivity contribution in [3.05, 3.63) is 59.7 Å². The highest BCUT2D eigenvalue weighted by Gasteiger charge is 2.31. The van der Waals surface area contributed by atoms with Crippen molar-refractivity contribution in [3.8, 4) is 0 Å². The maximum atomic E-state index is 12.5. The second-order valence-electron chi connectivity index (χ2n) is 6.67. The zero-order chi connectivity index (χ0) is 21.6. The molecule has 0 aromatic heterocycles. The summed E-state index contributed by atoms with van der Waals surface area (Å²) < 4.78 is 25.0. The van der Waals surface area contributed by atoms with E-state index in [1.807, 2.05) is 19.1 Å². The van der Waals surface area contributed by atoms with Crippen molar-refractivity contribution in [3.63, 3.8) is 0 Å². The molecule has 0 saturated carbocycles. The summed E-state index contributed by atoms with van der Waals surface area (Å²) in [5.41, 5.74) is 2.28. The van der Waals surface area contributed by atoms with Crippen LogP contribution in [0.2, 0.25) is 0 Å². The number of sulfone groups is 1. The number of anilines is 2. The van der Waals surface area contributed by atoms with E-state index >= 15 is 0 Å². The van der Waals surface area contributed by atoms with Crippen LogP contribution in [-0.2, 0) is 25.8 Å². The van der Waals surface area contributed by atoms with Crippen molar-refractivity contribution in [2.45, 2.75) is 32.4 Å². The van der Waals surface area contributed by atoms with E-state index in [1.165, 1.54) is 38.1 Å². The number of amides is 2. The molecule has 2 N–H and O–H groups in total. The van der Waals surface area contributed by atoms with Gasteiger partial charge < -0.3 is 10.6 Å². The van der Waals surface area contributed by atoms with Gasteiger partial charge in [-0.25, -0.2) is 8.42 Å². The van der Waals surface area contributed by atoms with Gasteiger partial charge in [0.05, 0.1) is 0 Å². The van der Waals surface area contributed by atoms with Crippen molar-refractivity contribution in [2.75, 3.05) is 16.4 Å². The Morgan fingerprint density at radius 1 is 0.897 bits per heavy atom. The first-order valence-corrected chi connectivity index (χ1v) is 10.9. The minimum atomic E-state index is -4.00. The van der Waals surface area contributed by atoms with E-state index in [1.54, 1.807) is 12.1 Å². The Bertz CT molecular complexity index is 996. The van der Waals surface area contributed by atoms with Gasteiger partial charge in [-0.3, -0.25) is 14.4 Å². The van der Waals surface area contributed by atoms with Gasteiger partial charge in [0.25, 0.3) is 0 Å². The van der Waals surface area contributed by atoms with Crippen LogP contribution in [0.15, 0.2) is 48.5 Å². The van der Waals surface area contributed by atoms with Crippen LogP contribution in [0.3, 0.4) is 0 Å². The average molecular weight is 416 g/mol. The standard InChI is InChI=1S/C21H24N2O5S/c1-4-16-5-9-19(10-6-16)23-20(25)13-29(27,28)14(2)21(26)17-7-11-18(12-8-17)22-15(3)24/h5-12,14H,4,13H2,1-3H3,(H,22,24)(H,23,25). The topological polar surface area (TPSA) is 109 Å². The van der Waals surface area contributed by atoms with Crippen molar-refractivity contribution < 1.29 is 22.8 Å². The van der Waals surface area contributed by atoms with E-state index in [4.69, 9.17) is 0 Å². The number of benzene rings is 2. The fourth-order valence-corrected chi connectivity index (χ4v) is 3.80. The molecule has 2 rings (SSSR count). The SMILES string of the molecule is CCc1ccc(NC(=O)CS(=O)(=O)C(C)C(=O)c2ccc(NC(C)=O)cc2)cc1. The van der Waals surface area contributed by atoms with Crippen LogP contribution < -0.4 is 10.6 Å². The van der Waals surface area contributed by atoms with Gasteiger partial charge in [-0.2, -0.15) is 0 Å². The number of carbonyl (C=O) groups excluding carboxylic acids is 3. The van der Waals surface area contributed by atoms with E-state index in [0.717, 1.165) is 12.0 Å². The van der Waals surface area contributed by atoms with Crippen LogP contribution in [0.25, 0.3) is 0 Å². The van der Waals surface area contributed by atoms with Gasteiger partial charge in [-0.15, -0.1) is 0 Å². The Hall–Kier alpha value is -3.00. The monoisotopic (exact) mass is 416 g/mol. The molecule has 0 spiro atoms. The molecule has 2 amide bonds. The van der Waals surface area contributed by atoms with Gasteiger partial charge in [0, 0.05) is 23.9 Å². The molecule has 154 valence electrons. The number of nitrogens with one attached hydrogen (secondary N) is 2. The van der Waals surface area contributed by atoms with Gasteiger partial charge in [-0.1, -0.05) is 19.1 Å². The second-order valence-corrected chi connectivity index (χ2v) is 8.99. The lowest BCUT2D eigenvalue weighted by atomic mass is 10.1. The number of carbonyl (C=O) groups is 3. The average Bonchev–Trinajstić information content (AvgIpc) is 2.67. The summed E-state index contributed by atoms with van der Waals surface area (Å²) in [5, 5.41) is 3.73. The second kappa shape index (κ2) is 9.47. The zero-order valence-electron chi connectivity index (χ0n) is 16.6. The molecule has 0 aliphatic carbocycles. The number of aryl methyl sites for hydroxylation is 1. The molecule has 2 aromatic rings. The molecule has 7 nitrogen and oxygen atoms in total. The third kappa shape index (κ3) is 6.25. The maximum Gasteiger partial charge on any atom is 0.239 e. The van der Waals surface area contributed by atoms with Crippen LogP contribution >= 0.6 is 0 Å². The van der Waals surface area contributed by atoms with Crippen LogP contribution in [0.5, 0.6) is 0 Å². The number of hydrogen-bond acceptors (Lipinski definition) is 5. The molecule has 0 aliphatic heterocycles. The van der Waals surface area contributed by atoms with Crippen LogP contribution in [0.4, 0.5) is 11.4 Å². The molecule has 1 atom stereocenters. The van der Waals surface area contributed by atoms with Crippen molar-refractivity contribution in [1.29, 1.82) is 0 Å². The normalized spacial score (nSPS) is 12.1. The Kier molecular flexibility index (Phi) is 7.28. The summed E-state index contributed by atoms with van der Waals surface area (Å²) in [6, 6.07) is 13.0. The first-order valence-electron chi connectivity index (χ1n) is 9.14. The minimum Gasteiger partial charge on any atom is -0.326 e. The van der Waals surface area contributed by atoms with E-state index in [-0.39, 0.29) is 11.5 Å². The van der Waals surface area contributed by atoms with E-state index in [0.29, 0.717) is 11.4 Å². The molecule has 0 heterocycles. The molecule has 0 fully saturated rings. The van der Waals surface area contributed by atoms with Crippen molar-refractivity contribution >= 4 is 38.8 Å². The Labute approximate surface area is 170 Å². The van der Waals surface area contributed by atoms with Crippen LogP contribution in [0, 0.1) is 0 Å². The Morgan fingerprint density at radius 2 is 1.41 bits per heavy atom. The summed E-state index contributed by atoms with van der Waals surface area (Å²) in [6.45, 7) is 4.63. The lowest BCUT2D eigenvalue weighted by Gasteiger charge is -2.13. The number of hydrogen-bond donors (Lipinski definition) is 2. The highest BCUT2D eigenvalue weighted by Crippen LogP contribution is 2.16. The number of ketones is 1. The van der Waals surface area contributed by atoms with Crippen molar-refractivity contribution in [1.82, 2.24) is 0 Å². The summed E-state index contributed by atoms with van der Waals surface area (Å²) >= 11 is 0. The molecule has 0 saturated heterocycles. The fourth-order valence-electron chi connectivity index (χ4n) is 2.65. The van der Waals surface area contributed by atoms with Crippen LogP contribution in [0.1, 0.15) is 36.7 Å². The summed E-state index contributed by atoms with van der Waals surface area (Å²) in [7, 11) is -4.00. The van der Waals surface area contributed by atoms with Gasteiger partial charge in [0.15, 0.2) is 15.6 Å². The largest absolute Gasteiger partial charge is 0.326 e. The Balaban J connectivity index is 2.03. The zero-order valence-corrected chi connectivity index (χ0v) is 17.4. The fraction of sp³-hybridized carbons (Fsp3) is 0.286. The molecule has 29 heavy (non-hydrogen) atoms. The summed E-state index contributed by atoms with van der Waals surface area (Å²) in [4.78, 5) is 35.7. The van der Waals surface area contributed by atoms with Gasteiger partial charge >= 0.3 is 0 Å². The van der Waals surface area contributed by atoms with Gasteiger partial charge in [0.2, 0.25) is 11.8 Å². The van der Waals surface area contributed by atoms with E-state index in [2.05, 4.69) is 10.6 Å². The molecular weight excluding hydrogens is 392 g/mol. The van der Waals surface area contributed by atoms with Crippen LogP contribution in [-0.4, -0.2) is 37.0 Å².